The fourth-order valence-corrected chi connectivity index (χ4v) is 5.19. The zero-order valence-corrected chi connectivity index (χ0v) is 18.1. The van der Waals surface area contributed by atoms with E-state index in [4.69, 9.17) is 21.1 Å². The van der Waals surface area contributed by atoms with E-state index in [0.717, 1.165) is 4.90 Å². The number of morpholine rings is 1. The maximum atomic E-state index is 12.7. The number of rotatable bonds is 8. The summed E-state index contributed by atoms with van der Waals surface area (Å²) in [6.45, 7) is 1.51. The molecule has 0 unspecified atom stereocenters. The fourth-order valence-electron chi connectivity index (χ4n) is 2.75. The number of halogens is 1. The van der Waals surface area contributed by atoms with Crippen LogP contribution in [0.1, 0.15) is 12.0 Å². The number of carbonyl (C=O) groups excluding carboxylic acids is 1. The van der Waals surface area contributed by atoms with Crippen molar-refractivity contribution in [2.45, 2.75) is 22.8 Å². The zero-order chi connectivity index (χ0) is 20.7. The first-order valence-corrected chi connectivity index (χ1v) is 12.0. The molecule has 9 heteroatoms. The molecule has 0 aromatic heterocycles. The predicted molar refractivity (Wildman–Crippen MR) is 113 cm³/mol. The fraction of sp³-hybridized carbons (Fsp3) is 0.350. The van der Waals surface area contributed by atoms with E-state index in [0.29, 0.717) is 42.6 Å². The summed E-state index contributed by atoms with van der Waals surface area (Å²) in [5.41, 5.74) is 0.637. The van der Waals surface area contributed by atoms with E-state index in [1.165, 1.54) is 4.31 Å². The number of hydrogen-bond acceptors (Lipinski definition) is 6. The summed E-state index contributed by atoms with van der Waals surface area (Å²) in [4.78, 5) is 13.2. The first kappa shape index (κ1) is 22.1. The molecule has 1 aliphatic rings. The first-order valence-electron chi connectivity index (χ1n) is 9.16. The minimum Gasteiger partial charge on any atom is -0.461 e. The van der Waals surface area contributed by atoms with Crippen molar-refractivity contribution in [3.8, 4) is 0 Å². The smallest absolute Gasteiger partial charge is 0.306 e. The van der Waals surface area contributed by atoms with E-state index in [9.17, 15) is 13.2 Å². The Balaban J connectivity index is 1.49. The molecule has 2 aromatic rings. The number of nitrogens with zero attached hydrogens (tertiary/aromatic N) is 1. The summed E-state index contributed by atoms with van der Waals surface area (Å²) in [6.07, 6.45) is 0.263. The highest BCUT2D eigenvalue weighted by Gasteiger charge is 2.26. The number of esters is 1. The van der Waals surface area contributed by atoms with E-state index in [-0.39, 0.29) is 23.9 Å². The van der Waals surface area contributed by atoms with E-state index < -0.39 is 10.0 Å². The van der Waals surface area contributed by atoms with Crippen molar-refractivity contribution in [1.82, 2.24) is 4.31 Å². The normalized spacial score (nSPS) is 15.2. The molecule has 6 nitrogen and oxygen atoms in total. The molecular formula is C20H22ClNO5S2. The summed E-state index contributed by atoms with van der Waals surface area (Å²) < 4.78 is 37.4. The number of benzene rings is 2. The lowest BCUT2D eigenvalue weighted by atomic mass is 10.2. The largest absolute Gasteiger partial charge is 0.461 e. The van der Waals surface area contributed by atoms with Crippen LogP contribution in [0.2, 0.25) is 5.02 Å². The van der Waals surface area contributed by atoms with Gasteiger partial charge in [-0.1, -0.05) is 23.7 Å². The first-order chi connectivity index (χ1) is 13.9. The summed E-state index contributed by atoms with van der Waals surface area (Å²) in [5.74, 6) is 0.263. The third-order valence-corrected chi connectivity index (χ3v) is 7.46. The van der Waals surface area contributed by atoms with Gasteiger partial charge in [0.25, 0.3) is 0 Å². The highest BCUT2D eigenvalue weighted by molar-refractivity contribution is 7.99. The molecule has 0 N–H and O–H groups in total. The molecule has 0 atom stereocenters. The van der Waals surface area contributed by atoms with Gasteiger partial charge < -0.3 is 9.47 Å². The topological polar surface area (TPSA) is 72.9 Å². The van der Waals surface area contributed by atoms with E-state index in [1.54, 1.807) is 48.2 Å². The van der Waals surface area contributed by atoms with Gasteiger partial charge in [-0.25, -0.2) is 8.42 Å². The molecule has 0 saturated carbocycles. The van der Waals surface area contributed by atoms with Gasteiger partial charge in [0.2, 0.25) is 10.0 Å². The van der Waals surface area contributed by atoms with Crippen LogP contribution in [0.3, 0.4) is 0 Å². The Bertz CT molecular complexity index is 928. The van der Waals surface area contributed by atoms with Gasteiger partial charge in [0.05, 0.1) is 24.5 Å². The van der Waals surface area contributed by atoms with Gasteiger partial charge in [0.1, 0.15) is 6.61 Å². The second-order valence-electron chi connectivity index (χ2n) is 6.38. The molecule has 29 heavy (non-hydrogen) atoms. The monoisotopic (exact) mass is 455 g/mol. The van der Waals surface area contributed by atoms with Crippen LogP contribution in [-0.2, 0) is 30.9 Å². The Morgan fingerprint density at radius 1 is 1.14 bits per heavy atom. The molecule has 1 heterocycles. The predicted octanol–water partition coefficient (Wildman–Crippen LogP) is 3.59. The van der Waals surface area contributed by atoms with Gasteiger partial charge in [-0.2, -0.15) is 4.31 Å². The summed E-state index contributed by atoms with van der Waals surface area (Å²) in [6, 6.07) is 13.9. The van der Waals surface area contributed by atoms with Crippen molar-refractivity contribution < 1.29 is 22.7 Å². The van der Waals surface area contributed by atoms with Crippen LogP contribution in [0.15, 0.2) is 58.3 Å². The van der Waals surface area contributed by atoms with Crippen molar-refractivity contribution in [1.29, 1.82) is 0 Å². The van der Waals surface area contributed by atoms with E-state index in [1.807, 2.05) is 12.1 Å². The zero-order valence-electron chi connectivity index (χ0n) is 15.8. The van der Waals surface area contributed by atoms with Crippen LogP contribution in [0.5, 0.6) is 0 Å². The summed E-state index contributed by atoms with van der Waals surface area (Å²) >= 11 is 7.40. The van der Waals surface area contributed by atoms with Gasteiger partial charge in [-0.05, 0) is 42.0 Å². The Kier molecular flexibility index (Phi) is 7.97. The molecule has 0 radical (unpaired) electrons. The molecular weight excluding hydrogens is 434 g/mol. The standard InChI is InChI=1S/C20H22ClNO5S2/c21-17-4-6-18(7-5-17)28-13-8-20(23)27-15-16-2-1-3-19(14-16)29(24,25)22-9-11-26-12-10-22/h1-7,14H,8-13,15H2. The molecule has 0 aliphatic carbocycles. The van der Waals surface area contributed by atoms with E-state index >= 15 is 0 Å². The lowest BCUT2D eigenvalue weighted by Crippen LogP contribution is -2.40. The number of carbonyl (C=O) groups is 1. The van der Waals surface area contributed by atoms with Gasteiger partial charge in [-0.3, -0.25) is 4.79 Å². The average molecular weight is 456 g/mol. The van der Waals surface area contributed by atoms with Gasteiger partial charge in [0, 0.05) is 28.8 Å². The van der Waals surface area contributed by atoms with Crippen molar-refractivity contribution >= 4 is 39.4 Å². The minimum absolute atomic E-state index is 0.0386. The maximum absolute atomic E-state index is 12.7. The van der Waals surface area contributed by atoms with Crippen molar-refractivity contribution in [2.75, 3.05) is 32.1 Å². The van der Waals surface area contributed by atoms with Crippen LogP contribution >= 0.6 is 23.4 Å². The lowest BCUT2D eigenvalue weighted by molar-refractivity contribution is -0.144. The molecule has 0 spiro atoms. The highest BCUT2D eigenvalue weighted by Crippen LogP contribution is 2.22. The number of sulfonamides is 1. The Morgan fingerprint density at radius 3 is 2.59 bits per heavy atom. The minimum atomic E-state index is -3.57. The summed E-state index contributed by atoms with van der Waals surface area (Å²) in [7, 11) is -3.57. The van der Waals surface area contributed by atoms with Crippen molar-refractivity contribution in [2.24, 2.45) is 0 Å². The Morgan fingerprint density at radius 2 is 1.86 bits per heavy atom. The van der Waals surface area contributed by atoms with Crippen LogP contribution in [0, 0.1) is 0 Å². The van der Waals surface area contributed by atoms with Gasteiger partial charge in [-0.15, -0.1) is 11.8 Å². The SMILES string of the molecule is O=C(CCSc1ccc(Cl)cc1)OCc1cccc(S(=O)(=O)N2CCOCC2)c1. The van der Waals surface area contributed by atoms with Crippen LogP contribution in [-0.4, -0.2) is 50.7 Å². The van der Waals surface area contributed by atoms with Crippen LogP contribution < -0.4 is 0 Å². The number of ether oxygens (including phenoxy) is 2. The quantitative estimate of drug-likeness (QED) is 0.447. The molecule has 1 saturated heterocycles. The molecule has 3 rings (SSSR count). The highest BCUT2D eigenvalue weighted by atomic mass is 35.5. The number of hydrogen-bond donors (Lipinski definition) is 0. The number of thioether (sulfide) groups is 1. The van der Waals surface area contributed by atoms with Gasteiger partial charge in [0.15, 0.2) is 0 Å². The summed E-state index contributed by atoms with van der Waals surface area (Å²) in [5, 5.41) is 0.673. The molecule has 1 aliphatic heterocycles. The average Bonchev–Trinajstić information content (AvgIpc) is 2.74. The van der Waals surface area contributed by atoms with Crippen LogP contribution in [0.4, 0.5) is 0 Å². The molecule has 0 amide bonds. The second kappa shape index (κ2) is 10.4. The Labute approximate surface area is 180 Å². The Hall–Kier alpha value is -1.58. The second-order valence-corrected chi connectivity index (χ2v) is 9.92. The van der Waals surface area contributed by atoms with E-state index in [2.05, 4.69) is 0 Å². The third kappa shape index (κ3) is 6.45. The van der Waals surface area contributed by atoms with Gasteiger partial charge >= 0.3 is 5.97 Å². The van der Waals surface area contributed by atoms with Crippen molar-refractivity contribution in [3.63, 3.8) is 0 Å². The van der Waals surface area contributed by atoms with Crippen molar-refractivity contribution in [3.05, 3.63) is 59.1 Å². The van der Waals surface area contributed by atoms with Crippen LogP contribution in [0.25, 0.3) is 0 Å². The molecule has 2 aromatic carbocycles. The third-order valence-electron chi connectivity index (χ3n) is 4.29. The maximum Gasteiger partial charge on any atom is 0.306 e. The lowest BCUT2D eigenvalue weighted by Gasteiger charge is -2.26. The molecule has 0 bridgehead atoms. The molecule has 156 valence electrons. The molecule has 1 fully saturated rings.